The molecule has 182 valence electrons. The predicted molar refractivity (Wildman–Crippen MR) is 124 cm³/mol. The number of aromatic amines is 1. The van der Waals surface area contributed by atoms with Crippen LogP contribution in [-0.4, -0.2) is 22.4 Å². The lowest BCUT2D eigenvalue weighted by molar-refractivity contribution is 0.0166. The lowest BCUT2D eigenvalue weighted by atomic mass is 10.0. The number of pyridine rings is 2. The Morgan fingerprint density at radius 3 is 2.56 bits per heavy atom. The Morgan fingerprint density at radius 1 is 1.03 bits per heavy atom. The molecule has 0 saturated carbocycles. The molecule has 0 atom stereocenters. The monoisotopic (exact) mass is 496 g/mol. The number of alkyl halides is 2. The molecule has 11 heteroatoms. The molecule has 1 aliphatic heterocycles. The van der Waals surface area contributed by atoms with Crippen molar-refractivity contribution in [3.8, 4) is 22.6 Å². The quantitative estimate of drug-likeness (QED) is 0.327. The summed E-state index contributed by atoms with van der Waals surface area (Å²) in [5, 5.41) is 4.89. The molecule has 0 spiro atoms. The third-order valence-electron chi connectivity index (χ3n) is 5.51. The third kappa shape index (κ3) is 4.26. The maximum absolute atomic E-state index is 14.7. The number of anilines is 2. The van der Waals surface area contributed by atoms with Crippen LogP contribution in [0.25, 0.3) is 11.1 Å². The maximum atomic E-state index is 14.7. The Morgan fingerprint density at radius 2 is 1.81 bits per heavy atom. The smallest absolute Gasteiger partial charge is 0.297 e. The Kier molecular flexibility index (Phi) is 5.67. The molecule has 36 heavy (non-hydrogen) atoms. The number of rotatable bonds is 5. The Labute approximate surface area is 200 Å². The van der Waals surface area contributed by atoms with Gasteiger partial charge in [-0.1, -0.05) is 12.1 Å². The standard InChI is InChI=1S/C25H16F4N4O3/c26-14-3-1-13(2-4-14)16-10-30-11-17(22(16)34)24(35)33-15-5-6-19(18(27)9-15)36-20-7-8-31-23-21(20)25(28,29)12-32-23/h1-11H,12H2,(H,30,34)(H,31,32)(H,33,35). The van der Waals surface area contributed by atoms with Gasteiger partial charge in [0.25, 0.3) is 11.8 Å². The fourth-order valence-electron chi connectivity index (χ4n) is 3.78. The first kappa shape index (κ1) is 23.1. The van der Waals surface area contributed by atoms with Crippen molar-refractivity contribution >= 4 is 17.4 Å². The van der Waals surface area contributed by atoms with Gasteiger partial charge in [0.2, 0.25) is 5.43 Å². The summed E-state index contributed by atoms with van der Waals surface area (Å²) in [7, 11) is 0. The Hall–Kier alpha value is -4.67. The van der Waals surface area contributed by atoms with Crippen LogP contribution >= 0.6 is 0 Å². The largest absolute Gasteiger partial charge is 0.454 e. The van der Waals surface area contributed by atoms with E-state index in [2.05, 4.69) is 20.6 Å². The highest BCUT2D eigenvalue weighted by molar-refractivity contribution is 6.04. The summed E-state index contributed by atoms with van der Waals surface area (Å²) >= 11 is 0. The number of carbonyl (C=O) groups is 1. The zero-order valence-electron chi connectivity index (χ0n) is 18.2. The van der Waals surface area contributed by atoms with Gasteiger partial charge < -0.3 is 20.4 Å². The third-order valence-corrected chi connectivity index (χ3v) is 5.51. The molecule has 3 N–H and O–H groups in total. The number of benzene rings is 2. The van der Waals surface area contributed by atoms with E-state index in [1.165, 1.54) is 55.0 Å². The van der Waals surface area contributed by atoms with Crippen molar-refractivity contribution < 1.29 is 27.1 Å². The summed E-state index contributed by atoms with van der Waals surface area (Å²) in [4.78, 5) is 32.1. The molecule has 7 nitrogen and oxygen atoms in total. The van der Waals surface area contributed by atoms with Gasteiger partial charge in [0, 0.05) is 35.9 Å². The van der Waals surface area contributed by atoms with E-state index in [1.54, 1.807) is 0 Å². The molecular formula is C25H16F4N4O3. The summed E-state index contributed by atoms with van der Waals surface area (Å²) in [5.74, 6) is -6.10. The lowest BCUT2D eigenvalue weighted by Crippen LogP contribution is -2.22. The number of fused-ring (bicyclic) bond motifs is 1. The summed E-state index contributed by atoms with van der Waals surface area (Å²) in [6.45, 7) is -0.648. The van der Waals surface area contributed by atoms with E-state index >= 15 is 0 Å². The van der Waals surface area contributed by atoms with Gasteiger partial charge in [-0.3, -0.25) is 9.59 Å². The first-order valence-electron chi connectivity index (χ1n) is 10.6. The second-order valence-corrected chi connectivity index (χ2v) is 7.91. The SMILES string of the molecule is O=C(Nc1ccc(Oc2ccnc3c2C(F)(F)CN3)c(F)c1)c1c[nH]cc(-c2ccc(F)cc2)c1=O. The second kappa shape index (κ2) is 8.84. The number of H-pyrrole nitrogens is 1. The molecule has 2 aromatic carbocycles. The van der Waals surface area contributed by atoms with E-state index in [-0.39, 0.29) is 34.1 Å². The highest BCUT2D eigenvalue weighted by Gasteiger charge is 2.43. The summed E-state index contributed by atoms with van der Waals surface area (Å²) < 4.78 is 61.7. The molecule has 0 aliphatic carbocycles. The first-order chi connectivity index (χ1) is 17.2. The van der Waals surface area contributed by atoms with Gasteiger partial charge in [0.15, 0.2) is 11.6 Å². The van der Waals surface area contributed by atoms with Crippen LogP contribution in [0, 0.1) is 11.6 Å². The van der Waals surface area contributed by atoms with E-state index in [0.29, 0.717) is 5.56 Å². The molecule has 1 aliphatic rings. The summed E-state index contributed by atoms with van der Waals surface area (Å²) in [6, 6.07) is 9.78. The molecule has 0 fully saturated rings. The van der Waals surface area contributed by atoms with Crippen LogP contribution in [0.5, 0.6) is 11.5 Å². The molecule has 0 radical (unpaired) electrons. The van der Waals surface area contributed by atoms with Gasteiger partial charge in [0.1, 0.15) is 28.5 Å². The zero-order valence-corrected chi connectivity index (χ0v) is 18.2. The van der Waals surface area contributed by atoms with Crippen molar-refractivity contribution in [3.05, 3.63) is 100 Å². The van der Waals surface area contributed by atoms with E-state index in [4.69, 9.17) is 4.74 Å². The van der Waals surface area contributed by atoms with Crippen LogP contribution in [0.15, 0.2) is 71.9 Å². The van der Waals surface area contributed by atoms with Gasteiger partial charge >= 0.3 is 0 Å². The van der Waals surface area contributed by atoms with E-state index in [0.717, 1.165) is 12.1 Å². The molecule has 2 aromatic heterocycles. The van der Waals surface area contributed by atoms with Crippen LogP contribution < -0.4 is 20.8 Å². The molecule has 0 unspecified atom stereocenters. The maximum Gasteiger partial charge on any atom is 0.297 e. The van der Waals surface area contributed by atoms with E-state index < -0.39 is 41.0 Å². The van der Waals surface area contributed by atoms with Crippen LogP contribution in [-0.2, 0) is 5.92 Å². The van der Waals surface area contributed by atoms with Gasteiger partial charge in [-0.15, -0.1) is 0 Å². The normalized spacial score (nSPS) is 13.6. The molecule has 4 aromatic rings. The van der Waals surface area contributed by atoms with Crippen molar-refractivity contribution in [2.24, 2.45) is 0 Å². The number of nitrogens with zero attached hydrogens (tertiary/aromatic N) is 1. The van der Waals surface area contributed by atoms with Crippen LogP contribution in [0.3, 0.4) is 0 Å². The van der Waals surface area contributed by atoms with Crippen molar-refractivity contribution in [2.45, 2.75) is 5.92 Å². The number of carbonyl (C=O) groups excluding carboxylic acids is 1. The molecular weight excluding hydrogens is 480 g/mol. The van der Waals surface area contributed by atoms with Crippen LogP contribution in [0.2, 0.25) is 0 Å². The van der Waals surface area contributed by atoms with E-state index in [1.807, 2.05) is 0 Å². The molecule has 1 amide bonds. The summed E-state index contributed by atoms with van der Waals surface area (Å²) in [5.41, 5.74) is -0.776. The molecule has 0 bridgehead atoms. The lowest BCUT2D eigenvalue weighted by Gasteiger charge is -2.14. The number of ether oxygens (including phenoxy) is 1. The average Bonchev–Trinajstić information content (AvgIpc) is 3.17. The van der Waals surface area contributed by atoms with Crippen molar-refractivity contribution in [1.82, 2.24) is 9.97 Å². The number of hydrogen-bond donors (Lipinski definition) is 3. The van der Waals surface area contributed by atoms with Gasteiger partial charge in [-0.25, -0.2) is 13.8 Å². The van der Waals surface area contributed by atoms with Gasteiger partial charge in [-0.2, -0.15) is 8.78 Å². The minimum atomic E-state index is -3.24. The van der Waals surface area contributed by atoms with Crippen molar-refractivity contribution in [3.63, 3.8) is 0 Å². The Balaban J connectivity index is 1.37. The fraction of sp³-hybridized carbons (Fsp3) is 0.0800. The first-order valence-corrected chi connectivity index (χ1v) is 10.6. The fourth-order valence-corrected chi connectivity index (χ4v) is 3.78. The number of hydrogen-bond acceptors (Lipinski definition) is 5. The number of aromatic nitrogens is 2. The van der Waals surface area contributed by atoms with Crippen LogP contribution in [0.4, 0.5) is 29.1 Å². The highest BCUT2D eigenvalue weighted by Crippen LogP contribution is 2.45. The number of nitrogens with one attached hydrogen (secondary N) is 3. The van der Waals surface area contributed by atoms with Gasteiger partial charge in [0.05, 0.1) is 6.54 Å². The second-order valence-electron chi connectivity index (χ2n) is 7.91. The minimum absolute atomic E-state index is 0.00314. The van der Waals surface area contributed by atoms with Crippen LogP contribution in [0.1, 0.15) is 15.9 Å². The summed E-state index contributed by atoms with van der Waals surface area (Å²) in [6.07, 6.45) is 3.83. The number of halogens is 4. The van der Waals surface area contributed by atoms with E-state index in [9.17, 15) is 27.2 Å². The topological polar surface area (TPSA) is 96.1 Å². The molecule has 0 saturated heterocycles. The van der Waals surface area contributed by atoms with Crippen molar-refractivity contribution in [2.75, 3.05) is 17.2 Å². The highest BCUT2D eigenvalue weighted by atomic mass is 19.3. The minimum Gasteiger partial charge on any atom is -0.454 e. The predicted octanol–water partition coefficient (Wildman–Crippen LogP) is 5.28. The number of amides is 1. The average molecular weight is 496 g/mol. The van der Waals surface area contributed by atoms with Crippen molar-refractivity contribution in [1.29, 1.82) is 0 Å². The van der Waals surface area contributed by atoms with Gasteiger partial charge in [-0.05, 0) is 35.9 Å². The zero-order chi connectivity index (χ0) is 25.4. The molecule has 3 heterocycles. The molecule has 5 rings (SSSR count). The Bertz CT molecular complexity index is 1540.